The molecule has 0 aromatic rings. The van der Waals surface area contributed by atoms with Crippen molar-refractivity contribution in [2.45, 2.75) is 26.7 Å². The van der Waals surface area contributed by atoms with Crippen molar-refractivity contribution in [3.05, 3.63) is 24.3 Å². The van der Waals surface area contributed by atoms with Gasteiger partial charge in [-0.15, -0.1) is 0 Å². The molecule has 0 aliphatic carbocycles. The highest BCUT2D eigenvalue weighted by molar-refractivity contribution is 5.01. The Labute approximate surface area is 51.9 Å². The monoisotopic (exact) mass is 110 g/mol. The van der Waals surface area contributed by atoms with Gasteiger partial charge in [0.1, 0.15) is 0 Å². The first-order valence-electron chi connectivity index (χ1n) is 3.23. The van der Waals surface area contributed by atoms with Crippen LogP contribution in [0.4, 0.5) is 0 Å². The summed E-state index contributed by atoms with van der Waals surface area (Å²) in [5.74, 6) is 0. The molecular weight excluding hydrogens is 96.1 g/mol. The zero-order valence-electron chi connectivity index (χ0n) is 5.72. The fourth-order valence-electron chi connectivity index (χ4n) is 0.429. The van der Waals surface area contributed by atoms with Crippen molar-refractivity contribution >= 4 is 0 Å². The topological polar surface area (TPSA) is 0 Å². The molecule has 0 saturated carbocycles. The van der Waals surface area contributed by atoms with E-state index in [1.165, 1.54) is 0 Å². The second-order valence-electron chi connectivity index (χ2n) is 1.67. The summed E-state index contributed by atoms with van der Waals surface area (Å²) in [6.07, 6.45) is 10.7. The van der Waals surface area contributed by atoms with Gasteiger partial charge in [0.05, 0.1) is 0 Å². The van der Waals surface area contributed by atoms with E-state index in [0.29, 0.717) is 0 Å². The van der Waals surface area contributed by atoms with E-state index >= 15 is 0 Å². The minimum Gasteiger partial charge on any atom is -0.0848 e. The minimum absolute atomic E-state index is 1.13. The van der Waals surface area contributed by atoms with E-state index in [1.54, 1.807) is 0 Å². The van der Waals surface area contributed by atoms with Gasteiger partial charge < -0.3 is 0 Å². The molecule has 8 heavy (non-hydrogen) atoms. The van der Waals surface area contributed by atoms with E-state index in [1.807, 2.05) is 0 Å². The molecule has 0 saturated heterocycles. The molecule has 0 unspecified atom stereocenters. The van der Waals surface area contributed by atoms with E-state index in [9.17, 15) is 0 Å². The summed E-state index contributed by atoms with van der Waals surface area (Å²) in [7, 11) is 0. The van der Waals surface area contributed by atoms with Crippen molar-refractivity contribution in [1.29, 1.82) is 0 Å². The predicted molar refractivity (Wildman–Crippen MR) is 38.9 cm³/mol. The largest absolute Gasteiger partial charge is 0.0848 e. The first kappa shape index (κ1) is 7.48. The van der Waals surface area contributed by atoms with Crippen molar-refractivity contribution < 1.29 is 0 Å². The van der Waals surface area contributed by atoms with Gasteiger partial charge in [0.15, 0.2) is 0 Å². The Hall–Kier alpha value is -0.520. The fraction of sp³-hybridized carbons (Fsp3) is 0.500. The van der Waals surface area contributed by atoms with Crippen molar-refractivity contribution in [1.82, 2.24) is 0 Å². The molecule has 0 bridgehead atoms. The first-order valence-corrected chi connectivity index (χ1v) is 3.23. The second-order valence-corrected chi connectivity index (χ2v) is 1.67. The van der Waals surface area contributed by atoms with Crippen LogP contribution in [-0.2, 0) is 0 Å². The lowest BCUT2D eigenvalue weighted by atomic mass is 10.3. The molecule has 0 radical (unpaired) electrons. The van der Waals surface area contributed by atoms with Crippen LogP contribution in [0.15, 0.2) is 24.3 Å². The van der Waals surface area contributed by atoms with Crippen LogP contribution in [0.5, 0.6) is 0 Å². The van der Waals surface area contributed by atoms with Crippen LogP contribution < -0.4 is 0 Å². The van der Waals surface area contributed by atoms with E-state index in [2.05, 4.69) is 38.2 Å². The summed E-state index contributed by atoms with van der Waals surface area (Å²) in [5.41, 5.74) is 0. The molecule has 0 N–H and O–H groups in total. The smallest absolute Gasteiger partial charge is 0.0376 e. The van der Waals surface area contributed by atoms with Gasteiger partial charge in [-0.2, -0.15) is 0 Å². The zero-order valence-corrected chi connectivity index (χ0v) is 5.72. The Balaban J connectivity index is 3.13. The summed E-state index contributed by atoms with van der Waals surface area (Å²) >= 11 is 0. The summed E-state index contributed by atoms with van der Waals surface area (Å²) in [6, 6.07) is 0. The van der Waals surface area contributed by atoms with Crippen molar-refractivity contribution in [2.24, 2.45) is 0 Å². The molecule has 0 heteroatoms. The van der Waals surface area contributed by atoms with E-state index in [0.717, 1.165) is 12.8 Å². The van der Waals surface area contributed by atoms with Gasteiger partial charge in [0.2, 0.25) is 0 Å². The maximum atomic E-state index is 2.14. The van der Waals surface area contributed by atoms with Gasteiger partial charge in [-0.1, -0.05) is 38.2 Å². The highest BCUT2D eigenvalue weighted by Gasteiger charge is 1.61. The molecule has 0 amide bonds. The lowest BCUT2D eigenvalue weighted by molar-refractivity contribution is 1.21. The molecule has 0 aromatic heterocycles. The van der Waals surface area contributed by atoms with Gasteiger partial charge in [-0.3, -0.25) is 0 Å². The molecular formula is C8H14. The van der Waals surface area contributed by atoms with E-state index < -0.39 is 0 Å². The van der Waals surface area contributed by atoms with Gasteiger partial charge in [-0.25, -0.2) is 0 Å². The Bertz CT molecular complexity index is 66.0. The maximum Gasteiger partial charge on any atom is -0.0376 e. The van der Waals surface area contributed by atoms with Crippen LogP contribution in [0.1, 0.15) is 26.7 Å². The number of allylic oxidation sites excluding steroid dienone is 4. The second kappa shape index (κ2) is 6.48. The first-order chi connectivity index (χ1) is 3.91. The Morgan fingerprint density at radius 2 is 1.25 bits per heavy atom. The number of hydrogen-bond acceptors (Lipinski definition) is 0. The van der Waals surface area contributed by atoms with Crippen molar-refractivity contribution in [2.75, 3.05) is 0 Å². The predicted octanol–water partition coefficient (Wildman–Crippen LogP) is 2.92. The highest BCUT2D eigenvalue weighted by Crippen LogP contribution is 1.83. The third kappa shape index (κ3) is 5.48. The SMILES string of the molecule is CCC=C/C=C/CC. The third-order valence-corrected chi connectivity index (χ3v) is 0.855. The fourth-order valence-corrected chi connectivity index (χ4v) is 0.429. The van der Waals surface area contributed by atoms with Crippen LogP contribution in [0.2, 0.25) is 0 Å². The van der Waals surface area contributed by atoms with Crippen LogP contribution >= 0.6 is 0 Å². The summed E-state index contributed by atoms with van der Waals surface area (Å²) in [6.45, 7) is 4.27. The van der Waals surface area contributed by atoms with Crippen LogP contribution in [0.3, 0.4) is 0 Å². The lowest BCUT2D eigenvalue weighted by Crippen LogP contribution is -1.52. The van der Waals surface area contributed by atoms with Crippen molar-refractivity contribution in [3.8, 4) is 0 Å². The lowest BCUT2D eigenvalue weighted by Gasteiger charge is -1.74. The van der Waals surface area contributed by atoms with Gasteiger partial charge in [0, 0.05) is 0 Å². The Morgan fingerprint density at radius 3 is 1.50 bits per heavy atom. The van der Waals surface area contributed by atoms with Gasteiger partial charge in [0.25, 0.3) is 0 Å². The molecule has 0 atom stereocenters. The van der Waals surface area contributed by atoms with Gasteiger partial charge >= 0.3 is 0 Å². The van der Waals surface area contributed by atoms with E-state index in [-0.39, 0.29) is 0 Å². The molecule has 0 heterocycles. The molecule has 0 aliphatic heterocycles. The molecule has 0 rings (SSSR count). The van der Waals surface area contributed by atoms with Crippen LogP contribution in [0.25, 0.3) is 0 Å². The summed E-state index contributed by atoms with van der Waals surface area (Å²) < 4.78 is 0. The molecule has 46 valence electrons. The normalized spacial score (nSPS) is 11.8. The van der Waals surface area contributed by atoms with Crippen LogP contribution in [0, 0.1) is 0 Å². The molecule has 0 aromatic carbocycles. The molecule has 0 aliphatic rings. The Morgan fingerprint density at radius 1 is 0.875 bits per heavy atom. The molecule has 0 spiro atoms. The number of hydrogen-bond donors (Lipinski definition) is 0. The standard InChI is InChI=1S/C8H14/c1-3-5-7-8-6-4-2/h5-8H,3-4H2,1-2H3/b7-5+,8-6?. The summed E-state index contributed by atoms with van der Waals surface area (Å²) in [4.78, 5) is 0. The molecule has 0 fully saturated rings. The summed E-state index contributed by atoms with van der Waals surface area (Å²) in [5, 5.41) is 0. The average molecular weight is 110 g/mol. The van der Waals surface area contributed by atoms with Crippen molar-refractivity contribution in [3.63, 3.8) is 0 Å². The van der Waals surface area contributed by atoms with Crippen LogP contribution in [-0.4, -0.2) is 0 Å². The minimum atomic E-state index is 1.13. The average Bonchev–Trinajstić information content (AvgIpc) is 1.81. The Kier molecular flexibility index (Phi) is 6.06. The maximum absolute atomic E-state index is 2.14. The zero-order chi connectivity index (χ0) is 6.24. The third-order valence-electron chi connectivity index (χ3n) is 0.855. The number of rotatable bonds is 3. The van der Waals surface area contributed by atoms with E-state index in [4.69, 9.17) is 0 Å². The van der Waals surface area contributed by atoms with Gasteiger partial charge in [-0.05, 0) is 12.8 Å². The highest BCUT2D eigenvalue weighted by atomic mass is 13.7. The molecule has 0 nitrogen and oxygen atoms in total. The quantitative estimate of drug-likeness (QED) is 0.490.